The minimum absolute atomic E-state index is 0.0647. The molecule has 1 heterocycles. The average Bonchev–Trinajstić information content (AvgIpc) is 2.84. The van der Waals surface area contributed by atoms with Gasteiger partial charge in [-0.2, -0.15) is 0 Å². The predicted molar refractivity (Wildman–Crippen MR) is 84.9 cm³/mol. The molecule has 0 unspecified atom stereocenters. The fraction of sp³-hybridized carbons (Fsp3) is 0.312. The van der Waals surface area contributed by atoms with Gasteiger partial charge in [0.05, 0.1) is 15.6 Å². The summed E-state index contributed by atoms with van der Waals surface area (Å²) in [5.74, 6) is 0.654. The number of benzene rings is 1. The number of nitrogens with one attached hydrogen (secondary N) is 1. The van der Waals surface area contributed by atoms with Crippen molar-refractivity contribution in [1.82, 2.24) is 0 Å². The first kappa shape index (κ1) is 13.7. The highest BCUT2D eigenvalue weighted by Gasteiger charge is 2.20. The number of carbonyl (C=O) groups is 1. The molecular formula is C16H16ClNOS. The van der Waals surface area contributed by atoms with E-state index < -0.39 is 0 Å². The lowest BCUT2D eigenvalue weighted by Gasteiger charge is -2.16. The van der Waals surface area contributed by atoms with Gasteiger partial charge in [-0.15, -0.1) is 11.3 Å². The second kappa shape index (κ2) is 5.58. The molecule has 0 saturated heterocycles. The number of fused-ring (bicyclic) bond motifs is 1. The summed E-state index contributed by atoms with van der Waals surface area (Å²) in [5.41, 5.74) is 2.01. The van der Waals surface area contributed by atoms with Gasteiger partial charge in [-0.1, -0.05) is 30.7 Å². The van der Waals surface area contributed by atoms with Crippen LogP contribution in [0.25, 0.3) is 0 Å². The van der Waals surface area contributed by atoms with Crippen molar-refractivity contribution in [2.75, 3.05) is 5.32 Å². The number of aryl methyl sites for hydroxylation is 1. The summed E-state index contributed by atoms with van der Waals surface area (Å²) in [7, 11) is 0. The first-order valence-electron chi connectivity index (χ1n) is 6.81. The molecule has 3 rings (SSSR count). The summed E-state index contributed by atoms with van der Waals surface area (Å²) < 4.78 is 0. The van der Waals surface area contributed by atoms with Gasteiger partial charge >= 0.3 is 0 Å². The van der Waals surface area contributed by atoms with Crippen LogP contribution in [0.1, 0.15) is 33.5 Å². The van der Waals surface area contributed by atoms with Crippen molar-refractivity contribution in [2.45, 2.75) is 26.2 Å². The van der Waals surface area contributed by atoms with Gasteiger partial charge in [0.1, 0.15) is 0 Å². The van der Waals surface area contributed by atoms with Crippen molar-refractivity contribution >= 4 is 34.5 Å². The summed E-state index contributed by atoms with van der Waals surface area (Å²) in [6.45, 7) is 2.27. The summed E-state index contributed by atoms with van der Waals surface area (Å²) in [4.78, 5) is 14.5. The lowest BCUT2D eigenvalue weighted by molar-refractivity contribution is 0.103. The van der Waals surface area contributed by atoms with E-state index in [9.17, 15) is 4.79 Å². The topological polar surface area (TPSA) is 29.1 Å². The fourth-order valence-electron chi connectivity index (χ4n) is 2.56. The van der Waals surface area contributed by atoms with Gasteiger partial charge in [-0.25, -0.2) is 0 Å². The van der Waals surface area contributed by atoms with Crippen molar-refractivity contribution in [2.24, 2.45) is 5.92 Å². The van der Waals surface area contributed by atoms with E-state index in [1.165, 1.54) is 16.9 Å². The Balaban J connectivity index is 1.80. The molecule has 0 saturated carbocycles. The van der Waals surface area contributed by atoms with Gasteiger partial charge in [0.15, 0.2) is 0 Å². The zero-order valence-electron chi connectivity index (χ0n) is 11.3. The molecule has 1 aromatic heterocycles. The van der Waals surface area contributed by atoms with E-state index in [1.807, 2.05) is 24.3 Å². The highest BCUT2D eigenvalue weighted by Crippen LogP contribution is 2.32. The molecule has 1 N–H and O–H groups in total. The average molecular weight is 306 g/mol. The lowest BCUT2D eigenvalue weighted by atomic mass is 9.90. The van der Waals surface area contributed by atoms with Crippen LogP contribution in [0.15, 0.2) is 30.3 Å². The second-order valence-electron chi connectivity index (χ2n) is 5.34. The largest absolute Gasteiger partial charge is 0.320 e. The van der Waals surface area contributed by atoms with Crippen LogP contribution in [-0.2, 0) is 12.8 Å². The number of halogens is 1. The molecule has 1 aliphatic carbocycles. The Hall–Kier alpha value is -1.32. The molecule has 4 heteroatoms. The lowest BCUT2D eigenvalue weighted by Crippen LogP contribution is -2.10. The standard InChI is InChI=1S/C16H16ClNOS/c1-10-6-7-14-11(8-10)9-15(20-14)16(19)18-13-5-3-2-4-12(13)17/h2-5,9-10H,6-8H2,1H3,(H,18,19)/t10-/m1/s1. The van der Waals surface area contributed by atoms with Crippen molar-refractivity contribution in [1.29, 1.82) is 0 Å². The first-order valence-corrected chi connectivity index (χ1v) is 8.00. The van der Waals surface area contributed by atoms with Crippen LogP contribution in [0.5, 0.6) is 0 Å². The van der Waals surface area contributed by atoms with E-state index in [1.54, 1.807) is 17.4 Å². The van der Waals surface area contributed by atoms with Gasteiger partial charge in [-0.05, 0) is 48.9 Å². The molecule has 1 atom stereocenters. The molecule has 0 fully saturated rings. The molecule has 1 amide bonds. The number of anilines is 1. The maximum absolute atomic E-state index is 12.3. The maximum atomic E-state index is 12.3. The minimum Gasteiger partial charge on any atom is -0.320 e. The molecule has 20 heavy (non-hydrogen) atoms. The maximum Gasteiger partial charge on any atom is 0.265 e. The van der Waals surface area contributed by atoms with Gasteiger partial charge < -0.3 is 5.32 Å². The molecule has 0 radical (unpaired) electrons. The molecule has 2 aromatic rings. The van der Waals surface area contributed by atoms with E-state index in [4.69, 9.17) is 11.6 Å². The van der Waals surface area contributed by atoms with E-state index in [2.05, 4.69) is 12.2 Å². The molecule has 1 aromatic carbocycles. The molecule has 0 spiro atoms. The van der Waals surface area contributed by atoms with Crippen LogP contribution in [-0.4, -0.2) is 5.91 Å². The number of hydrogen-bond donors (Lipinski definition) is 1. The van der Waals surface area contributed by atoms with E-state index in [0.717, 1.165) is 23.6 Å². The van der Waals surface area contributed by atoms with Crippen molar-refractivity contribution in [3.05, 3.63) is 50.7 Å². The number of carbonyl (C=O) groups excluding carboxylic acids is 1. The quantitative estimate of drug-likeness (QED) is 0.850. The van der Waals surface area contributed by atoms with Gasteiger partial charge in [-0.3, -0.25) is 4.79 Å². The normalized spacial score (nSPS) is 17.6. The van der Waals surface area contributed by atoms with Crippen molar-refractivity contribution in [3.63, 3.8) is 0 Å². The van der Waals surface area contributed by atoms with Crippen LogP contribution in [0, 0.1) is 5.92 Å². The molecule has 104 valence electrons. The number of thiophene rings is 1. The van der Waals surface area contributed by atoms with Gasteiger partial charge in [0, 0.05) is 4.88 Å². The Kier molecular flexibility index (Phi) is 3.81. The minimum atomic E-state index is -0.0647. The van der Waals surface area contributed by atoms with Crippen molar-refractivity contribution in [3.8, 4) is 0 Å². The fourth-order valence-corrected chi connectivity index (χ4v) is 3.85. The Labute approximate surface area is 127 Å². The third kappa shape index (κ3) is 2.74. The van der Waals surface area contributed by atoms with Crippen molar-refractivity contribution < 1.29 is 4.79 Å². The summed E-state index contributed by atoms with van der Waals surface area (Å²) >= 11 is 7.68. The van der Waals surface area contributed by atoms with Crippen LogP contribution in [0.3, 0.4) is 0 Å². The zero-order valence-corrected chi connectivity index (χ0v) is 12.9. The van der Waals surface area contributed by atoms with Gasteiger partial charge in [0.2, 0.25) is 0 Å². The zero-order chi connectivity index (χ0) is 14.1. The van der Waals surface area contributed by atoms with Crippen LogP contribution < -0.4 is 5.32 Å². The highest BCUT2D eigenvalue weighted by molar-refractivity contribution is 7.14. The molecule has 2 nitrogen and oxygen atoms in total. The number of para-hydroxylation sites is 1. The van der Waals surface area contributed by atoms with Crippen LogP contribution in [0.4, 0.5) is 5.69 Å². The smallest absolute Gasteiger partial charge is 0.265 e. The van der Waals surface area contributed by atoms with Gasteiger partial charge in [0.25, 0.3) is 5.91 Å². The van der Waals surface area contributed by atoms with E-state index in [0.29, 0.717) is 10.7 Å². The van der Waals surface area contributed by atoms with E-state index in [-0.39, 0.29) is 5.91 Å². The Bertz CT molecular complexity index is 650. The monoisotopic (exact) mass is 305 g/mol. The summed E-state index contributed by atoms with van der Waals surface area (Å²) in [6, 6.07) is 9.35. The molecular weight excluding hydrogens is 290 g/mol. The predicted octanol–water partition coefficient (Wildman–Crippen LogP) is 4.78. The Morgan fingerprint density at radius 3 is 3.00 bits per heavy atom. The number of amides is 1. The summed E-state index contributed by atoms with van der Waals surface area (Å²) in [5, 5.41) is 3.45. The first-order chi connectivity index (χ1) is 9.63. The van der Waals surface area contributed by atoms with Crippen LogP contribution >= 0.6 is 22.9 Å². The second-order valence-corrected chi connectivity index (χ2v) is 6.88. The third-order valence-electron chi connectivity index (χ3n) is 3.68. The molecule has 0 bridgehead atoms. The molecule has 1 aliphatic rings. The Morgan fingerprint density at radius 1 is 1.40 bits per heavy atom. The van der Waals surface area contributed by atoms with Crippen LogP contribution in [0.2, 0.25) is 5.02 Å². The highest BCUT2D eigenvalue weighted by atomic mass is 35.5. The van der Waals surface area contributed by atoms with E-state index >= 15 is 0 Å². The third-order valence-corrected chi connectivity index (χ3v) is 5.24. The SMILES string of the molecule is C[C@@H]1CCc2sc(C(=O)Nc3ccccc3Cl)cc2C1. The number of hydrogen-bond acceptors (Lipinski definition) is 2. The Morgan fingerprint density at radius 2 is 2.20 bits per heavy atom. The molecule has 0 aliphatic heterocycles. The number of rotatable bonds is 2. The summed E-state index contributed by atoms with van der Waals surface area (Å²) in [6.07, 6.45) is 3.41.